The quantitative estimate of drug-likeness (QED) is 0.384. The number of ether oxygens (including phenoxy) is 1. The Bertz CT molecular complexity index is 1010. The van der Waals surface area contributed by atoms with Crippen LogP contribution in [0.4, 0.5) is 4.39 Å². The molecule has 0 fully saturated rings. The van der Waals surface area contributed by atoms with Crippen LogP contribution < -0.4 is 10.1 Å². The zero-order valence-corrected chi connectivity index (χ0v) is 19.8. The molecule has 3 aromatic carbocycles. The maximum Gasteiger partial charge on any atom is 0.168 e. The monoisotopic (exact) mass is 466 g/mol. The SMILES string of the molecule is COc1cc(CCCN(CCc2ccccc2)C(=S)NCCc2ccc(F)cc2)ccc1O. The molecule has 0 atom stereocenters. The minimum absolute atomic E-state index is 0.150. The molecule has 0 amide bonds. The number of hydrogen-bond acceptors (Lipinski definition) is 3. The van der Waals surface area contributed by atoms with E-state index >= 15 is 0 Å². The van der Waals surface area contributed by atoms with E-state index in [9.17, 15) is 9.50 Å². The third-order valence-electron chi connectivity index (χ3n) is 5.54. The van der Waals surface area contributed by atoms with E-state index in [0.29, 0.717) is 12.3 Å². The van der Waals surface area contributed by atoms with Gasteiger partial charge in [-0.25, -0.2) is 4.39 Å². The van der Waals surface area contributed by atoms with Gasteiger partial charge in [0.15, 0.2) is 16.6 Å². The number of hydrogen-bond donors (Lipinski definition) is 2. The Balaban J connectivity index is 1.54. The molecule has 0 aliphatic carbocycles. The highest BCUT2D eigenvalue weighted by atomic mass is 32.1. The number of benzene rings is 3. The summed E-state index contributed by atoms with van der Waals surface area (Å²) in [5.74, 6) is 0.421. The molecule has 33 heavy (non-hydrogen) atoms. The molecule has 3 aromatic rings. The predicted octanol–water partition coefficient (Wildman–Crippen LogP) is 5.13. The van der Waals surface area contributed by atoms with Crippen LogP contribution in [0, 0.1) is 5.82 Å². The summed E-state index contributed by atoms with van der Waals surface area (Å²) in [6, 6.07) is 22.4. The average molecular weight is 467 g/mol. The molecule has 0 saturated heterocycles. The smallest absolute Gasteiger partial charge is 0.168 e. The first-order valence-electron chi connectivity index (χ1n) is 11.2. The Morgan fingerprint density at radius 2 is 1.61 bits per heavy atom. The van der Waals surface area contributed by atoms with Crippen LogP contribution in [0.15, 0.2) is 72.8 Å². The minimum atomic E-state index is -0.222. The number of aromatic hydroxyl groups is 1. The van der Waals surface area contributed by atoms with Gasteiger partial charge in [0.25, 0.3) is 0 Å². The van der Waals surface area contributed by atoms with Crippen molar-refractivity contribution in [3.63, 3.8) is 0 Å². The largest absolute Gasteiger partial charge is 0.504 e. The Morgan fingerprint density at radius 3 is 2.33 bits per heavy atom. The van der Waals surface area contributed by atoms with Crippen molar-refractivity contribution < 1.29 is 14.2 Å². The molecule has 174 valence electrons. The molecule has 0 heterocycles. The van der Waals surface area contributed by atoms with Crippen molar-refractivity contribution in [2.24, 2.45) is 0 Å². The number of nitrogens with zero attached hydrogens (tertiary/aromatic N) is 1. The summed E-state index contributed by atoms with van der Waals surface area (Å²) in [6.07, 6.45) is 3.47. The van der Waals surface area contributed by atoms with Crippen LogP contribution in [0.2, 0.25) is 0 Å². The molecule has 0 aliphatic rings. The maximum atomic E-state index is 13.1. The van der Waals surface area contributed by atoms with Gasteiger partial charge in [-0.2, -0.15) is 0 Å². The van der Waals surface area contributed by atoms with E-state index in [1.807, 2.05) is 18.2 Å². The predicted molar refractivity (Wildman–Crippen MR) is 135 cm³/mol. The second-order valence-corrected chi connectivity index (χ2v) is 8.33. The van der Waals surface area contributed by atoms with Crippen molar-refractivity contribution >= 4 is 17.3 Å². The van der Waals surface area contributed by atoms with Crippen LogP contribution in [0.5, 0.6) is 11.5 Å². The summed E-state index contributed by atoms with van der Waals surface area (Å²) in [7, 11) is 1.56. The summed E-state index contributed by atoms with van der Waals surface area (Å²) in [6.45, 7) is 2.34. The van der Waals surface area contributed by atoms with Gasteiger partial charge in [-0.3, -0.25) is 0 Å². The van der Waals surface area contributed by atoms with Gasteiger partial charge in [0, 0.05) is 19.6 Å². The number of nitrogens with one attached hydrogen (secondary N) is 1. The first kappa shape index (κ1) is 24.5. The summed E-state index contributed by atoms with van der Waals surface area (Å²) in [4.78, 5) is 2.21. The maximum absolute atomic E-state index is 13.1. The summed E-state index contributed by atoms with van der Waals surface area (Å²) >= 11 is 5.72. The van der Waals surface area contributed by atoms with Gasteiger partial charge in [0.2, 0.25) is 0 Å². The zero-order valence-electron chi connectivity index (χ0n) is 19.0. The first-order chi connectivity index (χ1) is 16.0. The molecule has 0 spiro atoms. The van der Waals surface area contributed by atoms with Crippen molar-refractivity contribution in [1.29, 1.82) is 0 Å². The van der Waals surface area contributed by atoms with Crippen molar-refractivity contribution in [2.75, 3.05) is 26.7 Å². The Morgan fingerprint density at radius 1 is 0.909 bits per heavy atom. The van der Waals surface area contributed by atoms with Gasteiger partial charge in [-0.1, -0.05) is 48.5 Å². The van der Waals surface area contributed by atoms with Crippen LogP contribution >= 0.6 is 12.2 Å². The molecule has 0 saturated carbocycles. The van der Waals surface area contributed by atoms with E-state index in [2.05, 4.69) is 34.5 Å². The number of rotatable bonds is 11. The molecule has 3 rings (SSSR count). The van der Waals surface area contributed by atoms with Gasteiger partial charge < -0.3 is 20.1 Å². The third kappa shape index (κ3) is 8.06. The Kier molecular flexibility index (Phi) is 9.51. The Labute approximate surface area is 201 Å². The van der Waals surface area contributed by atoms with Crippen molar-refractivity contribution in [3.8, 4) is 11.5 Å². The lowest BCUT2D eigenvalue weighted by molar-refractivity contribution is 0.372. The van der Waals surface area contributed by atoms with Gasteiger partial charge in [-0.05, 0) is 78.9 Å². The molecule has 0 aliphatic heterocycles. The molecular weight excluding hydrogens is 435 g/mol. The van der Waals surface area contributed by atoms with Crippen LogP contribution in [0.3, 0.4) is 0 Å². The fourth-order valence-corrected chi connectivity index (χ4v) is 3.94. The molecule has 0 bridgehead atoms. The highest BCUT2D eigenvalue weighted by Crippen LogP contribution is 2.26. The highest BCUT2D eigenvalue weighted by molar-refractivity contribution is 7.80. The van der Waals surface area contributed by atoms with Crippen molar-refractivity contribution in [1.82, 2.24) is 10.2 Å². The summed E-state index contributed by atoms with van der Waals surface area (Å²) in [5.41, 5.74) is 3.46. The Hall–Kier alpha value is -3.12. The average Bonchev–Trinajstić information content (AvgIpc) is 2.84. The fourth-order valence-electron chi connectivity index (χ4n) is 3.65. The van der Waals surface area contributed by atoms with Crippen molar-refractivity contribution in [3.05, 3.63) is 95.3 Å². The van der Waals surface area contributed by atoms with E-state index in [0.717, 1.165) is 55.0 Å². The zero-order chi connectivity index (χ0) is 23.5. The molecule has 4 nitrogen and oxygen atoms in total. The van der Waals surface area contributed by atoms with Gasteiger partial charge in [-0.15, -0.1) is 0 Å². The molecule has 0 aromatic heterocycles. The van der Waals surface area contributed by atoms with Gasteiger partial charge in [0.05, 0.1) is 7.11 Å². The number of methoxy groups -OCH3 is 1. The number of aryl methyl sites for hydroxylation is 1. The minimum Gasteiger partial charge on any atom is -0.504 e. The first-order valence-corrected chi connectivity index (χ1v) is 11.6. The van der Waals surface area contributed by atoms with E-state index in [-0.39, 0.29) is 11.6 Å². The van der Waals surface area contributed by atoms with Crippen LogP contribution in [0.1, 0.15) is 23.1 Å². The lowest BCUT2D eigenvalue weighted by atomic mass is 10.1. The fraction of sp³-hybridized carbons (Fsp3) is 0.296. The normalized spacial score (nSPS) is 10.6. The second kappa shape index (κ2) is 12.8. The molecular formula is C27H31FN2O2S. The number of phenolic OH excluding ortho intramolecular Hbond substituents is 1. The van der Waals surface area contributed by atoms with E-state index in [1.165, 1.54) is 17.7 Å². The summed E-state index contributed by atoms with van der Waals surface area (Å²) in [5, 5.41) is 13.9. The van der Waals surface area contributed by atoms with Gasteiger partial charge in [0.1, 0.15) is 5.82 Å². The molecule has 6 heteroatoms. The van der Waals surface area contributed by atoms with Crippen LogP contribution in [0.25, 0.3) is 0 Å². The van der Waals surface area contributed by atoms with Crippen molar-refractivity contribution in [2.45, 2.75) is 25.7 Å². The highest BCUT2D eigenvalue weighted by Gasteiger charge is 2.11. The van der Waals surface area contributed by atoms with Gasteiger partial charge >= 0.3 is 0 Å². The van der Waals surface area contributed by atoms with Crippen LogP contribution in [-0.4, -0.2) is 41.9 Å². The number of phenols is 1. The standard InChI is InChI=1S/C27H31FN2O2S/c1-32-26-20-23(11-14-25(26)31)8-5-18-30(19-16-21-6-3-2-4-7-21)27(33)29-17-15-22-9-12-24(28)13-10-22/h2-4,6-7,9-14,20,31H,5,8,15-19H2,1H3,(H,29,33). The van der Waals surface area contributed by atoms with E-state index in [1.54, 1.807) is 25.3 Å². The topological polar surface area (TPSA) is 44.7 Å². The summed E-state index contributed by atoms with van der Waals surface area (Å²) < 4.78 is 18.3. The third-order valence-corrected chi connectivity index (χ3v) is 5.94. The lowest BCUT2D eigenvalue weighted by Gasteiger charge is -2.26. The van der Waals surface area contributed by atoms with E-state index < -0.39 is 0 Å². The van der Waals surface area contributed by atoms with Crippen LogP contribution in [-0.2, 0) is 19.3 Å². The number of halogens is 1. The molecule has 2 N–H and O–H groups in total. The second-order valence-electron chi connectivity index (χ2n) is 7.94. The number of thiocarbonyl (C=S) groups is 1. The lowest BCUT2D eigenvalue weighted by Crippen LogP contribution is -2.42. The molecule has 0 radical (unpaired) electrons. The van der Waals surface area contributed by atoms with E-state index in [4.69, 9.17) is 17.0 Å². The molecule has 0 unspecified atom stereocenters.